The molecule has 0 radical (unpaired) electrons. The van der Waals surface area contributed by atoms with Crippen molar-refractivity contribution in [2.75, 3.05) is 18.4 Å². The number of para-hydroxylation sites is 1. The van der Waals surface area contributed by atoms with Gasteiger partial charge in [-0.15, -0.1) is 0 Å². The van der Waals surface area contributed by atoms with Gasteiger partial charge in [0.15, 0.2) is 0 Å². The van der Waals surface area contributed by atoms with E-state index in [4.69, 9.17) is 4.74 Å². The van der Waals surface area contributed by atoms with E-state index in [0.717, 1.165) is 44.6 Å². The van der Waals surface area contributed by atoms with E-state index in [2.05, 4.69) is 42.3 Å². The van der Waals surface area contributed by atoms with Crippen LogP contribution in [-0.4, -0.2) is 29.5 Å². The van der Waals surface area contributed by atoms with Crippen LogP contribution in [0.1, 0.15) is 37.8 Å². The van der Waals surface area contributed by atoms with Crippen LogP contribution in [-0.2, 0) is 17.8 Å². The SMILES string of the molecule is CC1(C)Cc2cccc(CN3CCC(C(=O)Nc4cccc(F)c4)CC3)c2O1. The van der Waals surface area contributed by atoms with E-state index < -0.39 is 0 Å². The van der Waals surface area contributed by atoms with Crippen LogP contribution in [0, 0.1) is 11.7 Å². The van der Waals surface area contributed by atoms with E-state index in [1.54, 1.807) is 12.1 Å². The van der Waals surface area contributed by atoms with E-state index in [0.29, 0.717) is 5.69 Å². The van der Waals surface area contributed by atoms with E-state index in [1.165, 1.54) is 23.3 Å². The maximum Gasteiger partial charge on any atom is 0.227 e. The molecule has 1 N–H and O–H groups in total. The molecule has 28 heavy (non-hydrogen) atoms. The van der Waals surface area contributed by atoms with Crippen molar-refractivity contribution in [3.05, 3.63) is 59.4 Å². The third-order valence-corrected chi connectivity index (χ3v) is 5.62. The minimum Gasteiger partial charge on any atom is -0.487 e. The topological polar surface area (TPSA) is 41.6 Å². The highest BCUT2D eigenvalue weighted by atomic mass is 19.1. The van der Waals surface area contributed by atoms with Crippen LogP contribution < -0.4 is 10.1 Å². The second-order valence-corrected chi connectivity index (χ2v) is 8.49. The Morgan fingerprint density at radius 2 is 1.96 bits per heavy atom. The number of benzene rings is 2. The first kappa shape index (κ1) is 18.9. The molecule has 2 heterocycles. The molecule has 4 rings (SSSR count). The van der Waals surface area contributed by atoms with E-state index in [9.17, 15) is 9.18 Å². The number of piperidine rings is 1. The average molecular weight is 382 g/mol. The number of halogens is 1. The Bertz CT molecular complexity index is 873. The fourth-order valence-corrected chi connectivity index (χ4v) is 4.21. The number of anilines is 1. The van der Waals surface area contributed by atoms with Crippen molar-refractivity contribution < 1.29 is 13.9 Å². The number of nitrogens with zero attached hydrogens (tertiary/aromatic N) is 1. The molecule has 2 aromatic carbocycles. The highest BCUT2D eigenvalue weighted by Crippen LogP contribution is 2.38. The van der Waals surface area contributed by atoms with Crippen molar-refractivity contribution in [2.24, 2.45) is 5.92 Å². The summed E-state index contributed by atoms with van der Waals surface area (Å²) in [7, 11) is 0. The Balaban J connectivity index is 1.33. The maximum atomic E-state index is 13.3. The molecule has 1 saturated heterocycles. The molecular weight excluding hydrogens is 355 g/mol. The number of amides is 1. The van der Waals surface area contributed by atoms with Gasteiger partial charge in [-0.1, -0.05) is 24.3 Å². The quantitative estimate of drug-likeness (QED) is 0.853. The van der Waals surface area contributed by atoms with E-state index in [-0.39, 0.29) is 23.2 Å². The van der Waals surface area contributed by atoms with Gasteiger partial charge in [0.25, 0.3) is 0 Å². The van der Waals surface area contributed by atoms with E-state index >= 15 is 0 Å². The molecule has 4 nitrogen and oxygen atoms in total. The van der Waals surface area contributed by atoms with Gasteiger partial charge in [0, 0.05) is 30.1 Å². The third kappa shape index (κ3) is 4.20. The van der Waals surface area contributed by atoms with Crippen molar-refractivity contribution >= 4 is 11.6 Å². The molecule has 0 spiro atoms. The number of likely N-dealkylation sites (tertiary alicyclic amines) is 1. The van der Waals surface area contributed by atoms with Gasteiger partial charge in [0.2, 0.25) is 5.91 Å². The van der Waals surface area contributed by atoms with Gasteiger partial charge in [0.1, 0.15) is 17.2 Å². The fraction of sp³-hybridized carbons (Fsp3) is 0.435. The molecule has 0 aromatic heterocycles. The third-order valence-electron chi connectivity index (χ3n) is 5.62. The van der Waals surface area contributed by atoms with Crippen LogP contribution in [0.15, 0.2) is 42.5 Å². The van der Waals surface area contributed by atoms with Gasteiger partial charge >= 0.3 is 0 Å². The summed E-state index contributed by atoms with van der Waals surface area (Å²) in [6, 6.07) is 12.4. The standard InChI is InChI=1S/C23H27FN2O2/c1-23(2)14-17-5-3-6-18(21(17)28-23)15-26-11-9-16(10-12-26)22(27)25-20-8-4-7-19(24)13-20/h3-8,13,16H,9-12,14-15H2,1-2H3,(H,25,27). The number of carbonyl (C=O) groups excluding carboxylic acids is 1. The number of hydrogen-bond donors (Lipinski definition) is 1. The number of hydrogen-bond acceptors (Lipinski definition) is 3. The minimum absolute atomic E-state index is 0.0177. The van der Waals surface area contributed by atoms with Gasteiger partial charge in [-0.3, -0.25) is 9.69 Å². The first-order valence-electron chi connectivity index (χ1n) is 9.98. The summed E-state index contributed by atoms with van der Waals surface area (Å²) in [5, 5.41) is 2.84. The number of carbonyl (C=O) groups is 1. The monoisotopic (exact) mass is 382 g/mol. The van der Waals surface area contributed by atoms with E-state index in [1.807, 2.05) is 0 Å². The van der Waals surface area contributed by atoms with Crippen LogP contribution >= 0.6 is 0 Å². The van der Waals surface area contributed by atoms with Crippen molar-refractivity contribution in [3.8, 4) is 5.75 Å². The second-order valence-electron chi connectivity index (χ2n) is 8.49. The predicted molar refractivity (Wildman–Crippen MR) is 108 cm³/mol. The Morgan fingerprint density at radius 1 is 1.21 bits per heavy atom. The van der Waals surface area contributed by atoms with Crippen molar-refractivity contribution in [1.82, 2.24) is 4.90 Å². The van der Waals surface area contributed by atoms with Gasteiger partial charge in [0.05, 0.1) is 0 Å². The number of nitrogens with one attached hydrogen (secondary N) is 1. The van der Waals surface area contributed by atoms with Gasteiger partial charge in [-0.05, 0) is 63.5 Å². The molecule has 1 fully saturated rings. The van der Waals surface area contributed by atoms with Gasteiger partial charge in [-0.2, -0.15) is 0 Å². The molecule has 0 saturated carbocycles. The Labute approximate surface area is 165 Å². The first-order chi connectivity index (χ1) is 13.4. The van der Waals surface area contributed by atoms with Crippen molar-refractivity contribution in [3.63, 3.8) is 0 Å². The fourth-order valence-electron chi connectivity index (χ4n) is 4.21. The normalized spacial score (nSPS) is 19.1. The lowest BCUT2D eigenvalue weighted by atomic mass is 9.95. The Morgan fingerprint density at radius 3 is 2.71 bits per heavy atom. The highest BCUT2D eigenvalue weighted by Gasteiger charge is 2.32. The van der Waals surface area contributed by atoms with Gasteiger partial charge in [-0.25, -0.2) is 4.39 Å². The summed E-state index contributed by atoms with van der Waals surface area (Å²) in [5.74, 6) is 0.652. The van der Waals surface area contributed by atoms with Crippen LogP contribution in [0.4, 0.5) is 10.1 Å². The maximum absolute atomic E-state index is 13.3. The van der Waals surface area contributed by atoms with Crippen LogP contribution in [0.2, 0.25) is 0 Å². The molecule has 0 unspecified atom stereocenters. The lowest BCUT2D eigenvalue weighted by molar-refractivity contribution is -0.121. The highest BCUT2D eigenvalue weighted by molar-refractivity contribution is 5.92. The van der Waals surface area contributed by atoms with Crippen molar-refractivity contribution in [2.45, 2.75) is 45.3 Å². The molecule has 2 aliphatic heterocycles. The summed E-state index contributed by atoms with van der Waals surface area (Å²) >= 11 is 0. The Kier molecular flexibility index (Phi) is 5.11. The zero-order valence-corrected chi connectivity index (χ0v) is 16.5. The van der Waals surface area contributed by atoms with Crippen LogP contribution in [0.5, 0.6) is 5.75 Å². The molecule has 0 bridgehead atoms. The zero-order valence-electron chi connectivity index (χ0n) is 16.5. The van der Waals surface area contributed by atoms with Crippen molar-refractivity contribution in [1.29, 1.82) is 0 Å². The molecule has 2 aliphatic rings. The number of rotatable bonds is 4. The molecule has 0 aliphatic carbocycles. The lowest BCUT2D eigenvalue weighted by Crippen LogP contribution is -2.37. The van der Waals surface area contributed by atoms with Crippen LogP contribution in [0.25, 0.3) is 0 Å². The predicted octanol–water partition coefficient (Wildman–Crippen LogP) is 4.39. The summed E-state index contributed by atoms with van der Waals surface area (Å²) in [6.07, 6.45) is 2.56. The molecule has 148 valence electrons. The van der Waals surface area contributed by atoms with Gasteiger partial charge < -0.3 is 10.1 Å². The minimum atomic E-state index is -0.339. The Hall–Kier alpha value is -2.40. The molecule has 5 heteroatoms. The number of ether oxygens (including phenoxy) is 1. The summed E-state index contributed by atoms with van der Waals surface area (Å²) in [4.78, 5) is 14.9. The first-order valence-corrected chi connectivity index (χ1v) is 9.98. The number of fused-ring (bicyclic) bond motifs is 1. The molecule has 1 amide bonds. The summed E-state index contributed by atoms with van der Waals surface area (Å²) in [5.41, 5.74) is 2.89. The molecule has 2 aromatic rings. The lowest BCUT2D eigenvalue weighted by Gasteiger charge is -2.31. The largest absolute Gasteiger partial charge is 0.487 e. The molecular formula is C23H27FN2O2. The smallest absolute Gasteiger partial charge is 0.227 e. The average Bonchev–Trinajstić information content (AvgIpc) is 2.97. The molecule has 0 atom stereocenters. The van der Waals surface area contributed by atoms with Crippen LogP contribution in [0.3, 0.4) is 0 Å². The second kappa shape index (κ2) is 7.55. The summed E-state index contributed by atoms with van der Waals surface area (Å²) in [6.45, 7) is 6.83. The summed E-state index contributed by atoms with van der Waals surface area (Å²) < 4.78 is 19.5. The zero-order chi connectivity index (χ0) is 19.7.